The molecule has 2 fully saturated rings. The molecular weight excluding hydrogens is 228 g/mol. The number of carbonyl (C=O) groups is 1. The van der Waals surface area contributed by atoms with Crippen LogP contribution in [0.2, 0.25) is 0 Å². The number of hydrogen-bond acceptors (Lipinski definition) is 3. The SMILES string of the molecule is O=C(CNC1CCCC1CO)N1CCCCCC1. The third kappa shape index (κ3) is 3.69. The standard InChI is InChI=1S/C14H26N2O2/c17-11-12-6-5-7-13(12)15-10-14(18)16-8-3-1-2-4-9-16/h12-13,15,17H,1-11H2. The van der Waals surface area contributed by atoms with E-state index in [0.29, 0.717) is 18.5 Å². The Bertz CT molecular complexity index is 263. The molecule has 1 amide bonds. The molecule has 0 aromatic heterocycles. The smallest absolute Gasteiger partial charge is 0.236 e. The lowest BCUT2D eigenvalue weighted by molar-refractivity contribution is -0.130. The fourth-order valence-electron chi connectivity index (χ4n) is 3.17. The van der Waals surface area contributed by atoms with E-state index < -0.39 is 0 Å². The Balaban J connectivity index is 1.73. The number of rotatable bonds is 4. The lowest BCUT2D eigenvalue weighted by Crippen LogP contribution is -2.43. The predicted molar refractivity (Wildman–Crippen MR) is 71.3 cm³/mol. The average molecular weight is 254 g/mol. The van der Waals surface area contributed by atoms with Crippen molar-refractivity contribution in [2.45, 2.75) is 51.0 Å². The third-order valence-corrected chi connectivity index (χ3v) is 4.37. The molecule has 4 nitrogen and oxygen atoms in total. The Labute approximate surface area is 110 Å². The van der Waals surface area contributed by atoms with Crippen molar-refractivity contribution >= 4 is 5.91 Å². The van der Waals surface area contributed by atoms with Gasteiger partial charge in [0.25, 0.3) is 0 Å². The normalized spacial score (nSPS) is 29.3. The molecule has 18 heavy (non-hydrogen) atoms. The molecule has 0 aromatic carbocycles. The lowest BCUT2D eigenvalue weighted by Gasteiger charge is -2.23. The van der Waals surface area contributed by atoms with Crippen molar-refractivity contribution in [2.75, 3.05) is 26.2 Å². The van der Waals surface area contributed by atoms with Crippen LogP contribution in [-0.4, -0.2) is 48.2 Å². The van der Waals surface area contributed by atoms with Gasteiger partial charge in [0.1, 0.15) is 0 Å². The highest BCUT2D eigenvalue weighted by Gasteiger charge is 2.27. The Morgan fingerprint density at radius 1 is 1.11 bits per heavy atom. The molecule has 104 valence electrons. The van der Waals surface area contributed by atoms with Crippen molar-refractivity contribution in [3.8, 4) is 0 Å². The van der Waals surface area contributed by atoms with E-state index in [1.54, 1.807) is 0 Å². The number of aliphatic hydroxyl groups is 1. The summed E-state index contributed by atoms with van der Waals surface area (Å²) in [5.41, 5.74) is 0. The number of hydrogen-bond donors (Lipinski definition) is 2. The molecule has 1 saturated carbocycles. The quantitative estimate of drug-likeness (QED) is 0.791. The summed E-state index contributed by atoms with van der Waals surface area (Å²) in [7, 11) is 0. The van der Waals surface area contributed by atoms with Gasteiger partial charge in [-0.05, 0) is 31.6 Å². The second kappa shape index (κ2) is 7.10. The van der Waals surface area contributed by atoms with E-state index in [2.05, 4.69) is 5.32 Å². The van der Waals surface area contributed by atoms with Gasteiger partial charge in [-0.15, -0.1) is 0 Å². The summed E-state index contributed by atoms with van der Waals surface area (Å²) in [4.78, 5) is 14.1. The summed E-state index contributed by atoms with van der Waals surface area (Å²) in [6.07, 6.45) is 8.16. The van der Waals surface area contributed by atoms with Gasteiger partial charge in [0, 0.05) is 25.7 Å². The lowest BCUT2D eigenvalue weighted by atomic mass is 10.1. The van der Waals surface area contributed by atoms with Gasteiger partial charge in [0.15, 0.2) is 0 Å². The first-order valence-corrected chi connectivity index (χ1v) is 7.43. The Morgan fingerprint density at radius 2 is 1.83 bits per heavy atom. The highest BCUT2D eigenvalue weighted by atomic mass is 16.3. The van der Waals surface area contributed by atoms with Crippen LogP contribution in [0.15, 0.2) is 0 Å². The van der Waals surface area contributed by atoms with Crippen molar-refractivity contribution in [2.24, 2.45) is 5.92 Å². The second-order valence-corrected chi connectivity index (χ2v) is 5.66. The van der Waals surface area contributed by atoms with Gasteiger partial charge < -0.3 is 15.3 Å². The van der Waals surface area contributed by atoms with Crippen LogP contribution in [0, 0.1) is 5.92 Å². The molecule has 1 heterocycles. The zero-order valence-corrected chi connectivity index (χ0v) is 11.2. The maximum Gasteiger partial charge on any atom is 0.236 e. The molecule has 0 bridgehead atoms. The fourth-order valence-corrected chi connectivity index (χ4v) is 3.17. The average Bonchev–Trinajstić information content (AvgIpc) is 2.67. The summed E-state index contributed by atoms with van der Waals surface area (Å²) in [6.45, 7) is 2.54. The van der Waals surface area contributed by atoms with Crippen LogP contribution in [0.4, 0.5) is 0 Å². The van der Waals surface area contributed by atoms with E-state index in [0.717, 1.165) is 38.8 Å². The summed E-state index contributed by atoms with van der Waals surface area (Å²) >= 11 is 0. The highest BCUT2D eigenvalue weighted by Crippen LogP contribution is 2.24. The molecule has 0 spiro atoms. The zero-order valence-electron chi connectivity index (χ0n) is 11.2. The molecule has 2 unspecified atom stereocenters. The first-order valence-electron chi connectivity index (χ1n) is 7.43. The molecule has 2 N–H and O–H groups in total. The van der Waals surface area contributed by atoms with Crippen LogP contribution in [-0.2, 0) is 4.79 Å². The molecule has 0 aromatic rings. The molecule has 1 saturated heterocycles. The summed E-state index contributed by atoms with van der Waals surface area (Å²) in [5.74, 6) is 0.586. The maximum atomic E-state index is 12.1. The van der Waals surface area contributed by atoms with Gasteiger partial charge in [-0.2, -0.15) is 0 Å². The molecule has 1 aliphatic carbocycles. The Morgan fingerprint density at radius 3 is 2.50 bits per heavy atom. The minimum absolute atomic E-state index is 0.237. The minimum atomic E-state index is 0.237. The highest BCUT2D eigenvalue weighted by molar-refractivity contribution is 5.78. The molecule has 2 atom stereocenters. The third-order valence-electron chi connectivity index (χ3n) is 4.37. The van der Waals surface area contributed by atoms with E-state index in [4.69, 9.17) is 0 Å². The molecule has 2 aliphatic rings. The van der Waals surface area contributed by atoms with Crippen molar-refractivity contribution < 1.29 is 9.90 Å². The van der Waals surface area contributed by atoms with Gasteiger partial charge in [0.05, 0.1) is 6.54 Å². The molecule has 4 heteroatoms. The van der Waals surface area contributed by atoms with Crippen molar-refractivity contribution in [1.29, 1.82) is 0 Å². The zero-order chi connectivity index (χ0) is 12.8. The van der Waals surface area contributed by atoms with Crippen molar-refractivity contribution in [3.05, 3.63) is 0 Å². The topological polar surface area (TPSA) is 52.6 Å². The number of nitrogens with one attached hydrogen (secondary N) is 1. The predicted octanol–water partition coefficient (Wildman–Crippen LogP) is 1.14. The first kappa shape index (κ1) is 13.8. The Kier molecular flexibility index (Phi) is 5.45. The van der Waals surface area contributed by atoms with Gasteiger partial charge in [-0.1, -0.05) is 19.3 Å². The fraction of sp³-hybridized carbons (Fsp3) is 0.929. The van der Waals surface area contributed by atoms with Crippen LogP contribution in [0.1, 0.15) is 44.9 Å². The van der Waals surface area contributed by atoms with Crippen LogP contribution in [0.3, 0.4) is 0 Å². The largest absolute Gasteiger partial charge is 0.396 e. The number of aliphatic hydroxyl groups excluding tert-OH is 1. The van der Waals surface area contributed by atoms with E-state index in [1.165, 1.54) is 19.3 Å². The van der Waals surface area contributed by atoms with Crippen molar-refractivity contribution in [3.63, 3.8) is 0 Å². The first-order chi connectivity index (χ1) is 8.81. The van der Waals surface area contributed by atoms with Crippen LogP contribution in [0.5, 0.6) is 0 Å². The minimum Gasteiger partial charge on any atom is -0.396 e. The van der Waals surface area contributed by atoms with Crippen LogP contribution in [0.25, 0.3) is 0 Å². The monoisotopic (exact) mass is 254 g/mol. The molecule has 1 aliphatic heterocycles. The van der Waals surface area contributed by atoms with Crippen molar-refractivity contribution in [1.82, 2.24) is 10.2 Å². The van der Waals surface area contributed by atoms with Gasteiger partial charge in [0.2, 0.25) is 5.91 Å². The second-order valence-electron chi connectivity index (χ2n) is 5.66. The Hall–Kier alpha value is -0.610. The van der Waals surface area contributed by atoms with Gasteiger partial charge >= 0.3 is 0 Å². The number of nitrogens with zero attached hydrogens (tertiary/aromatic N) is 1. The summed E-state index contributed by atoms with van der Waals surface area (Å²) in [6, 6.07) is 0.339. The van der Waals surface area contributed by atoms with Crippen LogP contribution >= 0.6 is 0 Å². The van der Waals surface area contributed by atoms with E-state index in [-0.39, 0.29) is 12.5 Å². The van der Waals surface area contributed by atoms with Crippen LogP contribution < -0.4 is 5.32 Å². The molecular formula is C14H26N2O2. The number of likely N-dealkylation sites (tertiary alicyclic amines) is 1. The van der Waals surface area contributed by atoms with E-state index >= 15 is 0 Å². The summed E-state index contributed by atoms with van der Waals surface area (Å²) in [5, 5.41) is 12.6. The maximum absolute atomic E-state index is 12.1. The number of carbonyl (C=O) groups excluding carboxylic acids is 1. The van der Waals surface area contributed by atoms with E-state index in [9.17, 15) is 9.90 Å². The molecule has 0 radical (unpaired) electrons. The van der Waals surface area contributed by atoms with Gasteiger partial charge in [-0.25, -0.2) is 0 Å². The van der Waals surface area contributed by atoms with Gasteiger partial charge in [-0.3, -0.25) is 4.79 Å². The molecule has 2 rings (SSSR count). The summed E-state index contributed by atoms with van der Waals surface area (Å²) < 4.78 is 0. The number of amides is 1. The van der Waals surface area contributed by atoms with E-state index in [1.807, 2.05) is 4.90 Å².